The monoisotopic (exact) mass is 405 g/mol. The first-order chi connectivity index (χ1) is 13.3. The first-order valence-electron chi connectivity index (χ1n) is 9.02. The van der Waals surface area contributed by atoms with Crippen LogP contribution in [0.5, 0.6) is 5.75 Å². The SMILES string of the molecule is CSCC[C@@H](NC(=O)OC(C)(C)C)C(=O)N/N=C\C1=Cc2ccccc2OC1. The van der Waals surface area contributed by atoms with E-state index in [-0.39, 0.29) is 0 Å². The van der Waals surface area contributed by atoms with Crippen LogP contribution in [0.4, 0.5) is 4.79 Å². The second kappa shape index (κ2) is 10.2. The minimum atomic E-state index is -0.725. The van der Waals surface area contributed by atoms with Crippen LogP contribution in [-0.2, 0) is 9.53 Å². The number of thioether (sulfide) groups is 1. The number of alkyl carbamates (subject to hydrolysis) is 1. The normalized spacial score (nSPS) is 14.5. The predicted molar refractivity (Wildman–Crippen MR) is 113 cm³/mol. The Labute approximate surface area is 169 Å². The minimum Gasteiger partial charge on any atom is -0.488 e. The summed E-state index contributed by atoms with van der Waals surface area (Å²) in [7, 11) is 0. The van der Waals surface area contributed by atoms with Crippen LogP contribution in [0, 0.1) is 0 Å². The molecule has 1 atom stereocenters. The summed E-state index contributed by atoms with van der Waals surface area (Å²) >= 11 is 1.59. The smallest absolute Gasteiger partial charge is 0.408 e. The van der Waals surface area contributed by atoms with Crippen molar-refractivity contribution in [1.82, 2.24) is 10.7 Å². The van der Waals surface area contributed by atoms with Gasteiger partial charge in [-0.15, -0.1) is 0 Å². The molecule has 0 bridgehead atoms. The maximum atomic E-state index is 12.4. The number of benzene rings is 1. The van der Waals surface area contributed by atoms with Crippen LogP contribution < -0.4 is 15.5 Å². The third-order valence-corrected chi connectivity index (χ3v) is 4.32. The van der Waals surface area contributed by atoms with Crippen molar-refractivity contribution in [3.8, 4) is 5.75 Å². The number of para-hydroxylation sites is 1. The molecule has 1 aliphatic heterocycles. The Kier molecular flexibility index (Phi) is 7.92. The second-order valence-electron chi connectivity index (χ2n) is 7.26. The number of rotatable bonds is 7. The van der Waals surface area contributed by atoms with Gasteiger partial charge in [-0.3, -0.25) is 4.79 Å². The first-order valence-corrected chi connectivity index (χ1v) is 10.4. The zero-order chi connectivity index (χ0) is 20.6. The molecular weight excluding hydrogens is 378 g/mol. The molecule has 0 spiro atoms. The molecule has 152 valence electrons. The average Bonchev–Trinajstić information content (AvgIpc) is 2.63. The Morgan fingerprint density at radius 1 is 1.36 bits per heavy atom. The van der Waals surface area contributed by atoms with Gasteiger partial charge in [-0.2, -0.15) is 16.9 Å². The van der Waals surface area contributed by atoms with Crippen LogP contribution in [-0.4, -0.2) is 48.5 Å². The fourth-order valence-corrected chi connectivity index (χ4v) is 2.89. The molecule has 1 heterocycles. The van der Waals surface area contributed by atoms with E-state index in [2.05, 4.69) is 15.8 Å². The van der Waals surface area contributed by atoms with Gasteiger partial charge in [-0.1, -0.05) is 18.2 Å². The van der Waals surface area contributed by atoms with Gasteiger partial charge >= 0.3 is 6.09 Å². The molecule has 1 aromatic carbocycles. The summed E-state index contributed by atoms with van der Waals surface area (Å²) in [4.78, 5) is 24.4. The highest BCUT2D eigenvalue weighted by Gasteiger charge is 2.24. The maximum absolute atomic E-state index is 12.4. The van der Waals surface area contributed by atoms with Gasteiger partial charge in [0.15, 0.2) is 0 Å². The van der Waals surface area contributed by atoms with E-state index in [9.17, 15) is 9.59 Å². The number of carbonyl (C=O) groups excluding carboxylic acids is 2. The molecule has 0 fully saturated rings. The highest BCUT2D eigenvalue weighted by atomic mass is 32.2. The quantitative estimate of drug-likeness (QED) is 0.537. The summed E-state index contributed by atoms with van der Waals surface area (Å²) in [6.07, 6.45) is 5.29. The third kappa shape index (κ3) is 7.26. The van der Waals surface area contributed by atoms with E-state index >= 15 is 0 Å². The van der Waals surface area contributed by atoms with Crippen LogP contribution in [0.3, 0.4) is 0 Å². The van der Waals surface area contributed by atoms with E-state index < -0.39 is 23.6 Å². The molecule has 1 aliphatic rings. The van der Waals surface area contributed by atoms with E-state index in [1.54, 1.807) is 38.7 Å². The number of fused-ring (bicyclic) bond motifs is 1. The minimum absolute atomic E-state index is 0.377. The van der Waals surface area contributed by atoms with Gasteiger partial charge in [0.05, 0.1) is 6.21 Å². The fourth-order valence-electron chi connectivity index (χ4n) is 2.42. The van der Waals surface area contributed by atoms with E-state index in [1.807, 2.05) is 36.6 Å². The van der Waals surface area contributed by atoms with Gasteiger partial charge in [-0.05, 0) is 51.3 Å². The van der Waals surface area contributed by atoms with Crippen molar-refractivity contribution in [2.24, 2.45) is 5.10 Å². The number of nitrogens with zero attached hydrogens (tertiary/aromatic N) is 1. The number of ether oxygens (including phenoxy) is 2. The number of amides is 2. The standard InChI is InChI=1S/C20H27N3O4S/c1-20(2,3)27-19(25)22-16(9-10-28-4)18(24)23-21-12-14-11-15-7-5-6-8-17(15)26-13-14/h5-8,11-12,16H,9-10,13H2,1-4H3,(H,22,25)(H,23,24)/b21-12-/t16-/m1/s1. The van der Waals surface area contributed by atoms with Crippen molar-refractivity contribution in [2.45, 2.75) is 38.8 Å². The van der Waals surface area contributed by atoms with Crippen LogP contribution in [0.15, 0.2) is 34.9 Å². The van der Waals surface area contributed by atoms with Gasteiger partial charge in [0.2, 0.25) is 0 Å². The van der Waals surface area contributed by atoms with E-state index in [1.165, 1.54) is 0 Å². The van der Waals surface area contributed by atoms with Gasteiger partial charge in [0.25, 0.3) is 5.91 Å². The molecule has 8 heteroatoms. The van der Waals surface area contributed by atoms with Crippen molar-refractivity contribution < 1.29 is 19.1 Å². The number of carbonyl (C=O) groups is 2. The number of hydrogen-bond acceptors (Lipinski definition) is 6. The molecule has 2 rings (SSSR count). The largest absolute Gasteiger partial charge is 0.488 e. The molecule has 0 radical (unpaired) electrons. The topological polar surface area (TPSA) is 89.0 Å². The Morgan fingerprint density at radius 2 is 2.11 bits per heavy atom. The Hall–Kier alpha value is -2.48. The number of hydrazone groups is 1. The average molecular weight is 406 g/mol. The van der Waals surface area contributed by atoms with Crippen LogP contribution in [0.2, 0.25) is 0 Å². The van der Waals surface area contributed by atoms with Crippen molar-refractivity contribution in [1.29, 1.82) is 0 Å². The fraction of sp³-hybridized carbons (Fsp3) is 0.450. The van der Waals surface area contributed by atoms with Gasteiger partial charge in [-0.25, -0.2) is 10.2 Å². The van der Waals surface area contributed by atoms with Crippen LogP contribution in [0.1, 0.15) is 32.8 Å². The summed E-state index contributed by atoms with van der Waals surface area (Å²) < 4.78 is 10.9. The van der Waals surface area contributed by atoms with Gasteiger partial charge in [0, 0.05) is 11.1 Å². The molecular formula is C20H27N3O4S. The Morgan fingerprint density at radius 3 is 2.82 bits per heavy atom. The zero-order valence-corrected chi connectivity index (χ0v) is 17.5. The third-order valence-electron chi connectivity index (χ3n) is 3.68. The molecule has 28 heavy (non-hydrogen) atoms. The van der Waals surface area contributed by atoms with Crippen LogP contribution in [0.25, 0.3) is 6.08 Å². The predicted octanol–water partition coefficient (Wildman–Crippen LogP) is 3.21. The van der Waals surface area contributed by atoms with Gasteiger partial charge < -0.3 is 14.8 Å². The number of hydrogen-bond donors (Lipinski definition) is 2. The highest BCUT2D eigenvalue weighted by molar-refractivity contribution is 7.98. The van der Waals surface area contributed by atoms with Crippen molar-refractivity contribution >= 4 is 36.1 Å². The zero-order valence-electron chi connectivity index (χ0n) is 16.7. The summed E-state index contributed by atoms with van der Waals surface area (Å²) in [5.41, 5.74) is 3.65. The molecule has 0 aromatic heterocycles. The molecule has 2 amide bonds. The lowest BCUT2D eigenvalue weighted by molar-refractivity contribution is -0.123. The molecule has 0 saturated heterocycles. The van der Waals surface area contributed by atoms with Crippen LogP contribution >= 0.6 is 11.8 Å². The number of nitrogens with one attached hydrogen (secondary N) is 2. The molecule has 0 saturated carbocycles. The van der Waals surface area contributed by atoms with Crippen molar-refractivity contribution in [3.05, 3.63) is 35.4 Å². The summed E-state index contributed by atoms with van der Waals surface area (Å²) in [6.45, 7) is 5.69. The maximum Gasteiger partial charge on any atom is 0.408 e. The summed E-state index contributed by atoms with van der Waals surface area (Å²) in [5, 5.41) is 6.62. The summed E-state index contributed by atoms with van der Waals surface area (Å²) in [5.74, 6) is 1.14. The molecule has 1 aromatic rings. The van der Waals surface area contributed by atoms with E-state index in [0.29, 0.717) is 18.8 Å². The molecule has 0 unspecified atom stereocenters. The van der Waals surface area contributed by atoms with Crippen molar-refractivity contribution in [3.63, 3.8) is 0 Å². The first kappa shape index (κ1) is 21.8. The van der Waals surface area contributed by atoms with Gasteiger partial charge in [0.1, 0.15) is 24.0 Å². The second-order valence-corrected chi connectivity index (χ2v) is 8.25. The Bertz CT molecular complexity index is 756. The lowest BCUT2D eigenvalue weighted by atomic mass is 10.1. The molecule has 7 nitrogen and oxygen atoms in total. The van der Waals surface area contributed by atoms with E-state index in [4.69, 9.17) is 9.47 Å². The van der Waals surface area contributed by atoms with E-state index in [0.717, 1.165) is 16.9 Å². The molecule has 0 aliphatic carbocycles. The summed E-state index contributed by atoms with van der Waals surface area (Å²) in [6, 6.07) is 6.97. The highest BCUT2D eigenvalue weighted by Crippen LogP contribution is 2.24. The Balaban J connectivity index is 1.94. The lowest BCUT2D eigenvalue weighted by Gasteiger charge is -2.22. The lowest BCUT2D eigenvalue weighted by Crippen LogP contribution is -2.47. The van der Waals surface area contributed by atoms with Crippen molar-refractivity contribution in [2.75, 3.05) is 18.6 Å². The molecule has 2 N–H and O–H groups in total.